The van der Waals surface area contributed by atoms with Crippen molar-refractivity contribution in [2.75, 3.05) is 26.2 Å². The zero-order chi connectivity index (χ0) is 25.8. The second-order valence-corrected chi connectivity index (χ2v) is 9.79. The Labute approximate surface area is 213 Å². The van der Waals surface area contributed by atoms with E-state index in [1.165, 1.54) is 11.3 Å². The first kappa shape index (κ1) is 25.7. The number of rotatable bonds is 9. The van der Waals surface area contributed by atoms with E-state index in [0.717, 1.165) is 22.5 Å². The third-order valence-electron chi connectivity index (χ3n) is 5.82. The number of aliphatic hydroxyl groups excluding tert-OH is 2. The Morgan fingerprint density at radius 2 is 2.17 bits per heavy atom. The number of hydrogen-bond acceptors (Lipinski definition) is 10. The number of nitriles is 1. The van der Waals surface area contributed by atoms with E-state index in [2.05, 4.69) is 21.6 Å². The molecule has 1 amide bonds. The van der Waals surface area contributed by atoms with Gasteiger partial charge in [0.1, 0.15) is 16.8 Å². The molecule has 3 heterocycles. The maximum atomic E-state index is 12.6. The number of fused-ring (bicyclic) bond motifs is 1. The SMILES string of the molecule is Cc1c2c(nn1-c1nnc(-c3ccc(OC(C)C)c(C#N)c3)s1)CCN(C(=O)CNC[C@H](O)CO)C2. The molecule has 1 aliphatic rings. The van der Waals surface area contributed by atoms with Crippen LogP contribution in [-0.4, -0.2) is 79.4 Å². The fourth-order valence-corrected chi connectivity index (χ4v) is 4.80. The van der Waals surface area contributed by atoms with Gasteiger partial charge in [-0.1, -0.05) is 11.3 Å². The minimum Gasteiger partial charge on any atom is -0.490 e. The summed E-state index contributed by atoms with van der Waals surface area (Å²) in [4.78, 5) is 14.4. The quantitative estimate of drug-likeness (QED) is 0.385. The Balaban J connectivity index is 1.49. The molecule has 0 radical (unpaired) electrons. The molecule has 0 saturated heterocycles. The third kappa shape index (κ3) is 5.55. The number of ether oxygens (including phenoxy) is 1. The lowest BCUT2D eigenvalue weighted by molar-refractivity contribution is -0.131. The summed E-state index contributed by atoms with van der Waals surface area (Å²) in [6.45, 7) is 6.66. The minimum atomic E-state index is -0.888. The van der Waals surface area contributed by atoms with Gasteiger partial charge in [0, 0.05) is 42.9 Å². The maximum absolute atomic E-state index is 12.6. The Hall–Kier alpha value is -3.37. The van der Waals surface area contributed by atoms with Crippen molar-refractivity contribution in [1.82, 2.24) is 30.2 Å². The van der Waals surface area contributed by atoms with E-state index in [1.807, 2.05) is 26.8 Å². The summed E-state index contributed by atoms with van der Waals surface area (Å²) in [5.41, 5.74) is 4.03. The van der Waals surface area contributed by atoms with Crippen molar-refractivity contribution in [2.45, 2.75) is 45.9 Å². The van der Waals surface area contributed by atoms with Crippen LogP contribution >= 0.6 is 11.3 Å². The molecule has 0 spiro atoms. The predicted octanol–water partition coefficient (Wildman–Crippen LogP) is 1.19. The molecule has 190 valence electrons. The molecule has 0 saturated carbocycles. The van der Waals surface area contributed by atoms with Gasteiger partial charge in [-0.3, -0.25) is 4.79 Å². The van der Waals surface area contributed by atoms with E-state index in [4.69, 9.17) is 14.9 Å². The number of benzene rings is 1. The lowest BCUT2D eigenvalue weighted by atomic mass is 10.1. The Morgan fingerprint density at radius 3 is 2.89 bits per heavy atom. The zero-order valence-corrected chi connectivity index (χ0v) is 21.2. The average Bonchev–Trinajstić information content (AvgIpc) is 3.48. The predicted molar refractivity (Wildman–Crippen MR) is 133 cm³/mol. The van der Waals surface area contributed by atoms with Crippen LogP contribution in [0.2, 0.25) is 0 Å². The van der Waals surface area contributed by atoms with E-state index < -0.39 is 6.10 Å². The van der Waals surface area contributed by atoms with Crippen molar-refractivity contribution in [3.05, 3.63) is 40.7 Å². The van der Waals surface area contributed by atoms with Crippen molar-refractivity contribution < 1.29 is 19.7 Å². The summed E-state index contributed by atoms with van der Waals surface area (Å²) in [6.07, 6.45) is -0.296. The van der Waals surface area contributed by atoms with Crippen LogP contribution < -0.4 is 10.1 Å². The van der Waals surface area contributed by atoms with Gasteiger partial charge in [-0.15, -0.1) is 10.2 Å². The standard InChI is InChI=1S/C24H29N7O4S/c1-14(2)35-21-5-4-16(8-17(21)9-25)23-27-28-24(36-23)31-15(3)19-12-30(7-6-20(19)29-31)22(34)11-26-10-18(33)13-32/h4-5,8,14,18,26,32-33H,6-7,10-13H2,1-3H3/t18-/m0/s1. The first-order valence-corrected chi connectivity index (χ1v) is 12.5. The normalized spacial score (nSPS) is 14.0. The summed E-state index contributed by atoms with van der Waals surface area (Å²) in [5, 5.41) is 45.4. The monoisotopic (exact) mass is 511 g/mol. The highest BCUT2D eigenvalue weighted by atomic mass is 32.1. The van der Waals surface area contributed by atoms with Crippen molar-refractivity contribution in [1.29, 1.82) is 5.26 Å². The van der Waals surface area contributed by atoms with E-state index in [0.29, 0.717) is 41.0 Å². The maximum Gasteiger partial charge on any atom is 0.236 e. The van der Waals surface area contributed by atoms with Crippen molar-refractivity contribution in [3.8, 4) is 27.5 Å². The van der Waals surface area contributed by atoms with Crippen LogP contribution in [0.1, 0.15) is 36.4 Å². The number of aromatic nitrogens is 4. The van der Waals surface area contributed by atoms with Crippen LogP contribution in [0.5, 0.6) is 5.75 Å². The fourth-order valence-electron chi connectivity index (χ4n) is 3.96. The zero-order valence-electron chi connectivity index (χ0n) is 20.4. The Bertz CT molecular complexity index is 1280. The third-order valence-corrected chi connectivity index (χ3v) is 6.76. The number of amides is 1. The van der Waals surface area contributed by atoms with E-state index in [9.17, 15) is 15.2 Å². The van der Waals surface area contributed by atoms with Crippen molar-refractivity contribution in [3.63, 3.8) is 0 Å². The van der Waals surface area contributed by atoms with Gasteiger partial charge in [0.05, 0.1) is 36.6 Å². The van der Waals surface area contributed by atoms with Gasteiger partial charge in [0.25, 0.3) is 0 Å². The summed E-state index contributed by atoms with van der Waals surface area (Å²) in [6, 6.07) is 7.57. The van der Waals surface area contributed by atoms with Gasteiger partial charge in [-0.2, -0.15) is 10.4 Å². The number of nitrogens with one attached hydrogen (secondary N) is 1. The van der Waals surface area contributed by atoms with E-state index in [-0.39, 0.29) is 31.7 Å². The first-order chi connectivity index (χ1) is 17.3. The average molecular weight is 512 g/mol. The van der Waals surface area contributed by atoms with E-state index in [1.54, 1.807) is 21.7 Å². The summed E-state index contributed by atoms with van der Waals surface area (Å²) in [5.74, 6) is 0.463. The summed E-state index contributed by atoms with van der Waals surface area (Å²) in [7, 11) is 0. The largest absolute Gasteiger partial charge is 0.490 e. The van der Waals surface area contributed by atoms with Crippen LogP contribution in [0, 0.1) is 18.3 Å². The van der Waals surface area contributed by atoms with Crippen molar-refractivity contribution in [2.24, 2.45) is 0 Å². The molecule has 3 N–H and O–H groups in total. The second kappa shape index (κ2) is 11.1. The van der Waals surface area contributed by atoms with Crippen LogP contribution in [0.3, 0.4) is 0 Å². The minimum absolute atomic E-state index is 0.0356. The van der Waals surface area contributed by atoms with Crippen LogP contribution in [0.25, 0.3) is 15.7 Å². The molecule has 1 aromatic carbocycles. The fraction of sp³-hybridized carbons (Fsp3) is 0.458. The lowest BCUT2D eigenvalue weighted by Crippen LogP contribution is -2.43. The van der Waals surface area contributed by atoms with Gasteiger partial charge in [-0.05, 0) is 39.0 Å². The molecule has 3 aromatic rings. The molecular weight excluding hydrogens is 482 g/mol. The molecule has 2 aromatic heterocycles. The first-order valence-electron chi connectivity index (χ1n) is 11.7. The molecule has 36 heavy (non-hydrogen) atoms. The second-order valence-electron chi connectivity index (χ2n) is 8.83. The van der Waals surface area contributed by atoms with Crippen LogP contribution in [0.15, 0.2) is 18.2 Å². The van der Waals surface area contributed by atoms with Gasteiger partial charge in [0.15, 0.2) is 0 Å². The molecular formula is C24H29N7O4S. The number of carbonyl (C=O) groups is 1. The van der Waals surface area contributed by atoms with Gasteiger partial charge >= 0.3 is 0 Å². The molecule has 11 nitrogen and oxygen atoms in total. The molecule has 1 atom stereocenters. The molecule has 12 heteroatoms. The topological polar surface area (TPSA) is 149 Å². The molecule has 0 unspecified atom stereocenters. The highest BCUT2D eigenvalue weighted by Gasteiger charge is 2.27. The number of aliphatic hydroxyl groups is 2. The highest BCUT2D eigenvalue weighted by molar-refractivity contribution is 7.17. The molecule has 0 bridgehead atoms. The van der Waals surface area contributed by atoms with Gasteiger partial charge in [0.2, 0.25) is 11.0 Å². The molecule has 1 aliphatic heterocycles. The summed E-state index contributed by atoms with van der Waals surface area (Å²) < 4.78 is 7.47. The number of nitrogens with zero attached hydrogens (tertiary/aromatic N) is 6. The van der Waals surface area contributed by atoms with Gasteiger partial charge < -0.3 is 25.2 Å². The molecule has 0 aliphatic carbocycles. The van der Waals surface area contributed by atoms with Crippen LogP contribution in [-0.2, 0) is 17.8 Å². The van der Waals surface area contributed by atoms with E-state index >= 15 is 0 Å². The highest BCUT2D eigenvalue weighted by Crippen LogP contribution is 2.31. The number of hydrogen-bond donors (Lipinski definition) is 3. The number of carbonyl (C=O) groups excluding carboxylic acids is 1. The van der Waals surface area contributed by atoms with Crippen molar-refractivity contribution >= 4 is 17.2 Å². The Morgan fingerprint density at radius 1 is 1.36 bits per heavy atom. The van der Waals surface area contributed by atoms with Gasteiger partial charge in [-0.25, -0.2) is 4.68 Å². The smallest absolute Gasteiger partial charge is 0.236 e. The molecule has 0 fully saturated rings. The Kier molecular flexibility index (Phi) is 7.95. The molecule has 4 rings (SSSR count). The van der Waals surface area contributed by atoms with Crippen LogP contribution in [0.4, 0.5) is 0 Å². The lowest BCUT2D eigenvalue weighted by Gasteiger charge is -2.27. The summed E-state index contributed by atoms with van der Waals surface area (Å²) >= 11 is 1.37.